The zero-order chi connectivity index (χ0) is 11.5. The molecule has 3 nitrogen and oxygen atoms in total. The summed E-state index contributed by atoms with van der Waals surface area (Å²) in [5.74, 6) is 0.986. The molecule has 1 heterocycles. The zero-order valence-corrected chi connectivity index (χ0v) is 10.1. The van der Waals surface area contributed by atoms with Gasteiger partial charge in [-0.25, -0.2) is 4.98 Å². The number of rotatable bonds is 3. The molecule has 1 unspecified atom stereocenters. The summed E-state index contributed by atoms with van der Waals surface area (Å²) in [4.78, 5) is 4.30. The predicted molar refractivity (Wildman–Crippen MR) is 66.7 cm³/mol. The van der Waals surface area contributed by atoms with E-state index in [1.165, 1.54) is 0 Å². The molecule has 0 saturated carbocycles. The lowest BCUT2D eigenvalue weighted by Gasteiger charge is -2.15. The minimum atomic E-state index is 0.125. The van der Waals surface area contributed by atoms with Gasteiger partial charge in [0, 0.05) is 19.4 Å². The highest BCUT2D eigenvalue weighted by Crippen LogP contribution is 2.24. The Morgan fingerprint density at radius 1 is 1.38 bits per heavy atom. The highest BCUT2D eigenvalue weighted by molar-refractivity contribution is 6.33. The third kappa shape index (κ3) is 2.19. The second-order valence-corrected chi connectivity index (χ2v) is 4.15. The van der Waals surface area contributed by atoms with Crippen molar-refractivity contribution < 1.29 is 0 Å². The summed E-state index contributed by atoms with van der Waals surface area (Å²) >= 11 is 6.08. The summed E-state index contributed by atoms with van der Waals surface area (Å²) in [5, 5.41) is 4.06. The third-order valence-corrected chi connectivity index (χ3v) is 2.82. The van der Waals surface area contributed by atoms with E-state index >= 15 is 0 Å². The van der Waals surface area contributed by atoms with Crippen LogP contribution in [0, 0.1) is 0 Å². The average Bonchev–Trinajstić information content (AvgIpc) is 2.68. The van der Waals surface area contributed by atoms with Gasteiger partial charge >= 0.3 is 0 Å². The lowest BCUT2D eigenvalue weighted by Crippen LogP contribution is -2.11. The molecule has 1 atom stereocenters. The van der Waals surface area contributed by atoms with Crippen LogP contribution in [0.1, 0.15) is 18.8 Å². The molecular formula is C12H14ClN3. The van der Waals surface area contributed by atoms with Gasteiger partial charge in [0.25, 0.3) is 0 Å². The molecule has 2 rings (SSSR count). The van der Waals surface area contributed by atoms with Crippen LogP contribution in [0.3, 0.4) is 0 Å². The van der Waals surface area contributed by atoms with Gasteiger partial charge in [-0.2, -0.15) is 0 Å². The first kappa shape index (κ1) is 11.0. The van der Waals surface area contributed by atoms with Crippen molar-refractivity contribution >= 4 is 17.3 Å². The summed E-state index contributed by atoms with van der Waals surface area (Å²) < 4.78 is 1.99. The number of anilines is 1. The lowest BCUT2D eigenvalue weighted by atomic mass is 10.2. The molecule has 0 spiro atoms. The third-order valence-electron chi connectivity index (χ3n) is 2.49. The Balaban J connectivity index is 2.17. The fraction of sp³-hybridized carbons (Fsp3) is 0.250. The van der Waals surface area contributed by atoms with E-state index in [2.05, 4.69) is 17.2 Å². The van der Waals surface area contributed by atoms with E-state index in [1.54, 1.807) is 6.20 Å². The van der Waals surface area contributed by atoms with Crippen molar-refractivity contribution in [3.63, 3.8) is 0 Å². The van der Waals surface area contributed by atoms with E-state index in [-0.39, 0.29) is 6.04 Å². The van der Waals surface area contributed by atoms with E-state index in [0.29, 0.717) is 0 Å². The van der Waals surface area contributed by atoms with Crippen molar-refractivity contribution in [2.45, 2.75) is 13.0 Å². The maximum atomic E-state index is 6.08. The minimum absolute atomic E-state index is 0.125. The number of nitrogens with one attached hydrogen (secondary N) is 1. The van der Waals surface area contributed by atoms with Gasteiger partial charge in [0.2, 0.25) is 0 Å². The molecule has 0 bridgehead atoms. The molecule has 1 N–H and O–H groups in total. The number of nitrogens with zero attached hydrogens (tertiary/aromatic N) is 2. The first-order valence-corrected chi connectivity index (χ1v) is 5.54. The quantitative estimate of drug-likeness (QED) is 0.885. The first-order chi connectivity index (χ1) is 7.68. The standard InChI is InChI=1S/C12H14ClN3/c1-9(12-14-7-8-16(12)2)15-11-6-4-3-5-10(11)13/h3-9,15H,1-2H3. The van der Waals surface area contributed by atoms with Crippen LogP contribution in [-0.4, -0.2) is 9.55 Å². The molecule has 2 aromatic rings. The van der Waals surface area contributed by atoms with Gasteiger partial charge in [0.15, 0.2) is 0 Å². The van der Waals surface area contributed by atoms with Gasteiger partial charge in [-0.3, -0.25) is 0 Å². The molecule has 84 valence electrons. The van der Waals surface area contributed by atoms with Crippen LogP contribution >= 0.6 is 11.6 Å². The van der Waals surface area contributed by atoms with E-state index in [4.69, 9.17) is 11.6 Å². The van der Waals surface area contributed by atoms with Crippen LogP contribution in [0.2, 0.25) is 5.02 Å². The van der Waals surface area contributed by atoms with Gasteiger partial charge in [-0.1, -0.05) is 23.7 Å². The molecule has 4 heteroatoms. The molecule has 0 amide bonds. The second-order valence-electron chi connectivity index (χ2n) is 3.74. The number of halogens is 1. The maximum Gasteiger partial charge on any atom is 0.130 e. The maximum absolute atomic E-state index is 6.08. The Morgan fingerprint density at radius 2 is 2.12 bits per heavy atom. The molecule has 0 aliphatic carbocycles. The van der Waals surface area contributed by atoms with Crippen LogP contribution in [0.15, 0.2) is 36.7 Å². The summed E-state index contributed by atoms with van der Waals surface area (Å²) in [6.45, 7) is 2.06. The van der Waals surface area contributed by atoms with Gasteiger partial charge in [0.1, 0.15) is 5.82 Å². The molecule has 1 aromatic carbocycles. The number of benzene rings is 1. The smallest absolute Gasteiger partial charge is 0.130 e. The van der Waals surface area contributed by atoms with Crippen molar-refractivity contribution in [1.29, 1.82) is 0 Å². The average molecular weight is 236 g/mol. The van der Waals surface area contributed by atoms with E-state index in [9.17, 15) is 0 Å². The fourth-order valence-corrected chi connectivity index (χ4v) is 1.86. The van der Waals surface area contributed by atoms with E-state index < -0.39 is 0 Å². The Hall–Kier alpha value is -1.48. The van der Waals surface area contributed by atoms with Crippen molar-refractivity contribution in [2.75, 3.05) is 5.32 Å². The van der Waals surface area contributed by atoms with Gasteiger partial charge in [-0.15, -0.1) is 0 Å². The topological polar surface area (TPSA) is 29.9 Å². The highest BCUT2D eigenvalue weighted by atomic mass is 35.5. The molecular weight excluding hydrogens is 222 g/mol. The van der Waals surface area contributed by atoms with Crippen LogP contribution in [-0.2, 0) is 7.05 Å². The molecule has 0 aliphatic rings. The van der Waals surface area contributed by atoms with Crippen molar-refractivity contribution in [1.82, 2.24) is 9.55 Å². The Kier molecular flexibility index (Phi) is 3.15. The zero-order valence-electron chi connectivity index (χ0n) is 9.31. The van der Waals surface area contributed by atoms with E-state index in [0.717, 1.165) is 16.5 Å². The molecule has 0 fully saturated rings. The van der Waals surface area contributed by atoms with Crippen molar-refractivity contribution in [2.24, 2.45) is 7.05 Å². The van der Waals surface area contributed by atoms with Crippen LogP contribution in [0.4, 0.5) is 5.69 Å². The second kappa shape index (κ2) is 4.58. The van der Waals surface area contributed by atoms with Crippen LogP contribution < -0.4 is 5.32 Å². The van der Waals surface area contributed by atoms with Gasteiger partial charge in [-0.05, 0) is 19.1 Å². The summed E-state index contributed by atoms with van der Waals surface area (Å²) in [6.07, 6.45) is 3.72. The first-order valence-electron chi connectivity index (χ1n) is 5.17. The largest absolute Gasteiger partial charge is 0.374 e. The minimum Gasteiger partial charge on any atom is -0.374 e. The number of aromatic nitrogens is 2. The summed E-state index contributed by atoms with van der Waals surface area (Å²) in [7, 11) is 1.98. The normalized spacial score (nSPS) is 12.4. The highest BCUT2D eigenvalue weighted by Gasteiger charge is 2.10. The molecule has 16 heavy (non-hydrogen) atoms. The van der Waals surface area contributed by atoms with Crippen molar-refractivity contribution in [3.8, 4) is 0 Å². The molecule has 1 aromatic heterocycles. The van der Waals surface area contributed by atoms with Gasteiger partial charge in [0.05, 0.1) is 16.8 Å². The van der Waals surface area contributed by atoms with Crippen LogP contribution in [0.25, 0.3) is 0 Å². The lowest BCUT2D eigenvalue weighted by molar-refractivity contribution is 0.722. The van der Waals surface area contributed by atoms with Gasteiger partial charge < -0.3 is 9.88 Å². The number of imidazole rings is 1. The number of hydrogen-bond acceptors (Lipinski definition) is 2. The summed E-state index contributed by atoms with van der Waals surface area (Å²) in [6, 6.07) is 7.83. The molecule has 0 saturated heterocycles. The Labute approximate surface area is 100 Å². The fourth-order valence-electron chi connectivity index (χ4n) is 1.67. The Bertz CT molecular complexity index is 479. The number of para-hydroxylation sites is 1. The SMILES string of the molecule is CC(Nc1ccccc1Cl)c1nccn1C. The monoisotopic (exact) mass is 235 g/mol. The van der Waals surface area contributed by atoms with Crippen molar-refractivity contribution in [3.05, 3.63) is 47.5 Å². The number of aryl methyl sites for hydroxylation is 1. The predicted octanol–water partition coefficient (Wildman–Crippen LogP) is 3.25. The van der Waals surface area contributed by atoms with Crippen LogP contribution in [0.5, 0.6) is 0 Å². The summed E-state index contributed by atoms with van der Waals surface area (Å²) in [5.41, 5.74) is 0.930. The Morgan fingerprint density at radius 3 is 2.75 bits per heavy atom. The molecule has 0 aliphatic heterocycles. The number of hydrogen-bond donors (Lipinski definition) is 1. The van der Waals surface area contributed by atoms with E-state index in [1.807, 2.05) is 42.1 Å². The molecule has 0 radical (unpaired) electrons.